The Labute approximate surface area is 193 Å². The van der Waals surface area contributed by atoms with Crippen LogP contribution in [0.25, 0.3) is 11.1 Å². The Bertz CT molecular complexity index is 1320. The number of aryl methyl sites for hydroxylation is 1. The third kappa shape index (κ3) is 5.64. The van der Waals surface area contributed by atoms with E-state index in [0.29, 0.717) is 23.4 Å². The molecule has 34 heavy (non-hydrogen) atoms. The van der Waals surface area contributed by atoms with Gasteiger partial charge in [-0.3, -0.25) is 9.78 Å². The maximum atomic E-state index is 14.7. The van der Waals surface area contributed by atoms with E-state index in [1.54, 1.807) is 24.8 Å². The molecule has 4 rings (SSSR count). The Kier molecular flexibility index (Phi) is 6.40. The molecule has 0 aliphatic rings. The molecular formula is C24H21F3N6O. The summed E-state index contributed by atoms with van der Waals surface area (Å²) in [5, 5.41) is 2.48. The minimum Gasteiger partial charge on any atom is -0.340 e. The molecular weight excluding hydrogens is 445 g/mol. The van der Waals surface area contributed by atoms with Crippen molar-refractivity contribution >= 4 is 11.6 Å². The number of benzene rings is 1. The Morgan fingerprint density at radius 1 is 1.06 bits per heavy atom. The van der Waals surface area contributed by atoms with Crippen molar-refractivity contribution in [3.05, 3.63) is 90.0 Å². The molecule has 0 atom stereocenters. The summed E-state index contributed by atoms with van der Waals surface area (Å²) in [7, 11) is 1.88. The number of pyridine rings is 1. The summed E-state index contributed by atoms with van der Waals surface area (Å²) in [6.45, 7) is 0.742. The van der Waals surface area contributed by atoms with Crippen LogP contribution in [-0.4, -0.2) is 30.4 Å². The largest absolute Gasteiger partial charge is 0.340 e. The summed E-state index contributed by atoms with van der Waals surface area (Å²) < 4.78 is 43.4. The van der Waals surface area contributed by atoms with Gasteiger partial charge in [-0.05, 0) is 23.3 Å². The highest BCUT2D eigenvalue weighted by molar-refractivity contribution is 5.92. The standard InChI is InChI=1S/C24H21F3N6O/c1-24(26,27)18-7-19(12-28-11-18)32-23(34)6-16-4-3-15(5-21(16)25)17-9-29-22(30-10-17)8-20-13-33(2)14-31-20/h3-5,7,9-14H,6,8H2,1-2H3,(H,32,34). The molecule has 3 heterocycles. The average Bonchev–Trinajstić information content (AvgIpc) is 3.20. The first kappa shape index (κ1) is 23.1. The van der Waals surface area contributed by atoms with Gasteiger partial charge in [0.1, 0.15) is 11.6 Å². The maximum absolute atomic E-state index is 14.7. The molecule has 1 N–H and O–H groups in total. The van der Waals surface area contributed by atoms with Crippen molar-refractivity contribution in [3.8, 4) is 11.1 Å². The minimum absolute atomic E-state index is 0.115. The predicted molar refractivity (Wildman–Crippen MR) is 120 cm³/mol. The van der Waals surface area contributed by atoms with E-state index in [2.05, 4.69) is 25.3 Å². The number of nitrogens with one attached hydrogen (secondary N) is 1. The Morgan fingerprint density at radius 2 is 1.82 bits per heavy atom. The van der Waals surface area contributed by atoms with E-state index in [4.69, 9.17) is 0 Å². The summed E-state index contributed by atoms with van der Waals surface area (Å²) in [6.07, 6.45) is 9.30. The highest BCUT2D eigenvalue weighted by Crippen LogP contribution is 2.28. The van der Waals surface area contributed by atoms with Crippen molar-refractivity contribution in [1.29, 1.82) is 0 Å². The highest BCUT2D eigenvalue weighted by atomic mass is 19.3. The van der Waals surface area contributed by atoms with Crippen molar-refractivity contribution in [2.45, 2.75) is 25.7 Å². The zero-order chi connectivity index (χ0) is 24.3. The summed E-state index contributed by atoms with van der Waals surface area (Å²) >= 11 is 0. The first-order valence-electron chi connectivity index (χ1n) is 10.4. The molecule has 174 valence electrons. The van der Waals surface area contributed by atoms with E-state index in [9.17, 15) is 18.0 Å². The second kappa shape index (κ2) is 9.42. The zero-order valence-electron chi connectivity index (χ0n) is 18.5. The molecule has 0 aliphatic carbocycles. The molecule has 1 aromatic carbocycles. The number of halogens is 3. The lowest BCUT2D eigenvalue weighted by Gasteiger charge is -2.12. The van der Waals surface area contributed by atoms with E-state index >= 15 is 0 Å². The van der Waals surface area contributed by atoms with Gasteiger partial charge in [-0.1, -0.05) is 12.1 Å². The first-order valence-corrected chi connectivity index (χ1v) is 10.4. The molecule has 0 bridgehead atoms. The van der Waals surface area contributed by atoms with Gasteiger partial charge >= 0.3 is 0 Å². The SMILES string of the molecule is Cn1cnc(Cc2ncc(-c3ccc(CC(=O)Nc4cncc(C(C)(F)F)c4)c(F)c3)cn2)c1. The summed E-state index contributed by atoms with van der Waals surface area (Å²) in [4.78, 5) is 28.9. The van der Waals surface area contributed by atoms with E-state index in [-0.39, 0.29) is 23.2 Å². The van der Waals surface area contributed by atoms with Gasteiger partial charge in [-0.15, -0.1) is 0 Å². The number of hydrogen-bond acceptors (Lipinski definition) is 5. The van der Waals surface area contributed by atoms with Gasteiger partial charge in [0.25, 0.3) is 5.92 Å². The lowest BCUT2D eigenvalue weighted by atomic mass is 10.0. The van der Waals surface area contributed by atoms with Crippen LogP contribution in [0.3, 0.4) is 0 Å². The van der Waals surface area contributed by atoms with Gasteiger partial charge in [0.15, 0.2) is 0 Å². The fraction of sp³-hybridized carbons (Fsp3) is 0.208. The molecule has 0 saturated carbocycles. The van der Waals surface area contributed by atoms with E-state index in [1.165, 1.54) is 18.3 Å². The van der Waals surface area contributed by atoms with Crippen LogP contribution in [-0.2, 0) is 30.6 Å². The molecule has 0 saturated heterocycles. The Morgan fingerprint density at radius 3 is 2.47 bits per heavy atom. The summed E-state index contributed by atoms with van der Waals surface area (Å²) in [5.74, 6) is -3.62. The molecule has 0 unspecified atom stereocenters. The molecule has 4 aromatic rings. The van der Waals surface area contributed by atoms with Gasteiger partial charge < -0.3 is 9.88 Å². The number of alkyl halides is 2. The average molecular weight is 466 g/mol. The van der Waals surface area contributed by atoms with Gasteiger partial charge in [0, 0.05) is 49.9 Å². The fourth-order valence-electron chi connectivity index (χ4n) is 3.31. The van der Waals surface area contributed by atoms with Crippen LogP contribution in [0.15, 0.2) is 61.6 Å². The fourth-order valence-corrected chi connectivity index (χ4v) is 3.31. The second-order valence-electron chi connectivity index (χ2n) is 7.98. The summed E-state index contributed by atoms with van der Waals surface area (Å²) in [6, 6.07) is 5.62. The molecule has 3 aromatic heterocycles. The quantitative estimate of drug-likeness (QED) is 0.439. The van der Waals surface area contributed by atoms with Crippen LogP contribution in [0.1, 0.15) is 29.6 Å². The number of carbonyl (C=O) groups excluding carboxylic acids is 1. The van der Waals surface area contributed by atoms with E-state index in [0.717, 1.165) is 24.9 Å². The molecule has 0 aliphatic heterocycles. The van der Waals surface area contributed by atoms with Gasteiger partial charge in [-0.2, -0.15) is 0 Å². The number of aromatic nitrogens is 5. The number of carbonyl (C=O) groups is 1. The molecule has 0 radical (unpaired) electrons. The molecule has 10 heteroatoms. The zero-order valence-corrected chi connectivity index (χ0v) is 18.5. The number of amides is 1. The number of nitrogens with zero attached hydrogens (tertiary/aromatic N) is 5. The first-order chi connectivity index (χ1) is 16.2. The molecule has 1 amide bonds. The van der Waals surface area contributed by atoms with Crippen LogP contribution in [0.5, 0.6) is 0 Å². The predicted octanol–water partition coefficient (Wildman–Crippen LogP) is 4.29. The Balaban J connectivity index is 1.41. The normalized spacial score (nSPS) is 11.4. The third-order valence-corrected chi connectivity index (χ3v) is 5.07. The monoisotopic (exact) mass is 466 g/mol. The third-order valence-electron chi connectivity index (χ3n) is 5.07. The lowest BCUT2D eigenvalue weighted by molar-refractivity contribution is -0.115. The van der Waals surface area contributed by atoms with Gasteiger partial charge in [0.2, 0.25) is 5.91 Å². The second-order valence-corrected chi connectivity index (χ2v) is 7.98. The van der Waals surface area contributed by atoms with Crippen molar-refractivity contribution < 1.29 is 18.0 Å². The van der Waals surface area contributed by atoms with E-state index in [1.807, 2.05) is 17.8 Å². The Hall–Kier alpha value is -4.08. The van der Waals surface area contributed by atoms with E-state index < -0.39 is 17.6 Å². The number of imidazole rings is 1. The molecule has 0 spiro atoms. The van der Waals surface area contributed by atoms with Crippen LogP contribution in [0, 0.1) is 5.82 Å². The highest BCUT2D eigenvalue weighted by Gasteiger charge is 2.25. The van der Waals surface area contributed by atoms with Crippen molar-refractivity contribution in [3.63, 3.8) is 0 Å². The van der Waals surface area contributed by atoms with Crippen LogP contribution in [0.4, 0.5) is 18.9 Å². The minimum atomic E-state index is -3.09. The lowest BCUT2D eigenvalue weighted by Crippen LogP contribution is -2.16. The van der Waals surface area contributed by atoms with Gasteiger partial charge in [-0.25, -0.2) is 28.1 Å². The van der Waals surface area contributed by atoms with Crippen molar-refractivity contribution in [2.75, 3.05) is 5.32 Å². The molecule has 7 nitrogen and oxygen atoms in total. The number of rotatable bonds is 7. The number of hydrogen-bond donors (Lipinski definition) is 1. The topological polar surface area (TPSA) is 85.6 Å². The number of anilines is 1. The molecule has 0 fully saturated rings. The summed E-state index contributed by atoms with van der Waals surface area (Å²) in [5.41, 5.74) is 1.99. The van der Waals surface area contributed by atoms with Crippen molar-refractivity contribution in [1.82, 2.24) is 24.5 Å². The smallest absolute Gasteiger partial charge is 0.272 e. The van der Waals surface area contributed by atoms with Crippen LogP contribution in [0.2, 0.25) is 0 Å². The van der Waals surface area contributed by atoms with Gasteiger partial charge in [0.05, 0.1) is 36.7 Å². The maximum Gasteiger partial charge on any atom is 0.272 e. The van der Waals surface area contributed by atoms with Crippen molar-refractivity contribution in [2.24, 2.45) is 7.05 Å². The van der Waals surface area contributed by atoms with Crippen LogP contribution >= 0.6 is 0 Å². The van der Waals surface area contributed by atoms with Crippen LogP contribution < -0.4 is 5.32 Å².